The van der Waals surface area contributed by atoms with Crippen molar-refractivity contribution in [2.24, 2.45) is 0 Å². The van der Waals surface area contributed by atoms with Crippen LogP contribution >= 0.6 is 0 Å². The molecule has 0 aliphatic carbocycles. The van der Waals surface area contributed by atoms with Crippen molar-refractivity contribution in [2.45, 2.75) is 13.5 Å². The molecule has 0 N–H and O–H groups in total. The average molecular weight is 303 g/mol. The zero-order valence-corrected chi connectivity index (χ0v) is 12.9. The number of carbonyl (C=O) groups is 1. The Hall–Kier alpha value is -3.01. The molecule has 2 aromatic carbocycles. The van der Waals surface area contributed by atoms with E-state index >= 15 is 0 Å². The van der Waals surface area contributed by atoms with Gasteiger partial charge in [-0.05, 0) is 24.6 Å². The molecule has 0 spiro atoms. The highest BCUT2D eigenvalue weighted by molar-refractivity contribution is 5.92. The molecule has 0 radical (unpaired) electrons. The zero-order valence-electron chi connectivity index (χ0n) is 12.9. The second kappa shape index (κ2) is 6.83. The van der Waals surface area contributed by atoms with E-state index in [1.54, 1.807) is 12.2 Å². The lowest BCUT2D eigenvalue weighted by Gasteiger charge is -2.05. The SMILES string of the molecule is CC(=O)/C=C/c1c(-c2ccccc2)nnn1Cc1ccccc1. The van der Waals surface area contributed by atoms with Gasteiger partial charge >= 0.3 is 0 Å². The highest BCUT2D eigenvalue weighted by Crippen LogP contribution is 2.22. The lowest BCUT2D eigenvalue weighted by Crippen LogP contribution is -2.04. The molecular weight excluding hydrogens is 286 g/mol. The van der Waals surface area contributed by atoms with Gasteiger partial charge in [0.25, 0.3) is 0 Å². The summed E-state index contributed by atoms with van der Waals surface area (Å²) in [5, 5.41) is 8.58. The topological polar surface area (TPSA) is 47.8 Å². The molecule has 0 saturated heterocycles. The van der Waals surface area contributed by atoms with Gasteiger partial charge in [-0.3, -0.25) is 4.79 Å². The van der Waals surface area contributed by atoms with Crippen LogP contribution in [-0.4, -0.2) is 20.8 Å². The number of carbonyl (C=O) groups excluding carboxylic acids is 1. The summed E-state index contributed by atoms with van der Waals surface area (Å²) in [7, 11) is 0. The quantitative estimate of drug-likeness (QED) is 0.677. The molecule has 0 amide bonds. The Morgan fingerprint density at radius 1 is 1.04 bits per heavy atom. The second-order valence-electron chi connectivity index (χ2n) is 5.28. The Morgan fingerprint density at radius 2 is 1.70 bits per heavy atom. The zero-order chi connectivity index (χ0) is 16.1. The van der Waals surface area contributed by atoms with Crippen molar-refractivity contribution in [3.05, 3.63) is 78.0 Å². The molecule has 1 heterocycles. The van der Waals surface area contributed by atoms with Crippen molar-refractivity contribution in [3.8, 4) is 11.3 Å². The highest BCUT2D eigenvalue weighted by Gasteiger charge is 2.12. The lowest BCUT2D eigenvalue weighted by atomic mass is 10.1. The Kier molecular flexibility index (Phi) is 4.43. The highest BCUT2D eigenvalue weighted by atomic mass is 16.1. The molecule has 23 heavy (non-hydrogen) atoms. The Labute approximate surface area is 135 Å². The van der Waals surface area contributed by atoms with Gasteiger partial charge in [0.05, 0.1) is 12.2 Å². The summed E-state index contributed by atoms with van der Waals surface area (Å²) >= 11 is 0. The minimum atomic E-state index is -0.00327. The van der Waals surface area contributed by atoms with E-state index in [4.69, 9.17) is 0 Å². The number of benzene rings is 2. The van der Waals surface area contributed by atoms with Crippen LogP contribution in [0.25, 0.3) is 17.3 Å². The number of hydrogen-bond donors (Lipinski definition) is 0. The summed E-state index contributed by atoms with van der Waals surface area (Å²) in [6, 6.07) is 19.9. The maximum Gasteiger partial charge on any atom is 0.152 e. The molecule has 0 bridgehead atoms. The Bertz CT molecular complexity index is 820. The largest absolute Gasteiger partial charge is 0.295 e. The van der Waals surface area contributed by atoms with E-state index in [-0.39, 0.29) is 5.78 Å². The molecular formula is C19H17N3O. The molecule has 1 aromatic heterocycles. The molecule has 4 heteroatoms. The summed E-state index contributed by atoms with van der Waals surface area (Å²) in [5.41, 5.74) is 3.72. The van der Waals surface area contributed by atoms with Gasteiger partial charge in [0, 0.05) is 5.56 Å². The first-order chi connectivity index (χ1) is 11.2. The van der Waals surface area contributed by atoms with Gasteiger partial charge in [-0.25, -0.2) is 4.68 Å². The standard InChI is InChI=1S/C19H17N3O/c1-15(23)12-13-18-19(17-10-6-3-7-11-17)20-21-22(18)14-16-8-4-2-5-9-16/h2-13H,14H2,1H3/b13-12+. The van der Waals surface area contributed by atoms with Crippen LogP contribution in [0.3, 0.4) is 0 Å². The first-order valence-electron chi connectivity index (χ1n) is 7.45. The van der Waals surface area contributed by atoms with Crippen molar-refractivity contribution in [3.63, 3.8) is 0 Å². The number of ketones is 1. The van der Waals surface area contributed by atoms with Crippen molar-refractivity contribution >= 4 is 11.9 Å². The number of nitrogens with zero attached hydrogens (tertiary/aromatic N) is 3. The van der Waals surface area contributed by atoms with E-state index in [2.05, 4.69) is 10.3 Å². The summed E-state index contributed by atoms with van der Waals surface area (Å²) in [5.74, 6) is -0.00327. The third-order valence-corrected chi connectivity index (χ3v) is 3.47. The van der Waals surface area contributed by atoms with Gasteiger partial charge in [-0.15, -0.1) is 5.10 Å². The minimum Gasteiger partial charge on any atom is -0.295 e. The van der Waals surface area contributed by atoms with Gasteiger partial charge in [0.15, 0.2) is 5.78 Å². The predicted molar refractivity (Wildman–Crippen MR) is 90.7 cm³/mol. The molecule has 3 rings (SSSR count). The fourth-order valence-corrected chi connectivity index (χ4v) is 2.36. The molecule has 0 unspecified atom stereocenters. The summed E-state index contributed by atoms with van der Waals surface area (Å²) < 4.78 is 1.82. The van der Waals surface area contributed by atoms with Crippen LogP contribution in [0.5, 0.6) is 0 Å². The molecule has 0 saturated carbocycles. The molecule has 0 atom stereocenters. The van der Waals surface area contributed by atoms with E-state index in [0.29, 0.717) is 6.54 Å². The fraction of sp³-hybridized carbons (Fsp3) is 0.105. The Balaban J connectivity index is 2.02. The Morgan fingerprint density at radius 3 is 2.35 bits per heavy atom. The average Bonchev–Trinajstić information content (AvgIpc) is 2.97. The predicted octanol–water partition coefficient (Wildman–Crippen LogP) is 3.60. The second-order valence-corrected chi connectivity index (χ2v) is 5.28. The molecule has 0 fully saturated rings. The van der Waals surface area contributed by atoms with Crippen LogP contribution in [-0.2, 0) is 11.3 Å². The van der Waals surface area contributed by atoms with Crippen LogP contribution in [0.2, 0.25) is 0 Å². The van der Waals surface area contributed by atoms with Crippen LogP contribution < -0.4 is 0 Å². The van der Waals surface area contributed by atoms with Crippen LogP contribution in [0.15, 0.2) is 66.7 Å². The first kappa shape index (κ1) is 14.9. The number of aromatic nitrogens is 3. The van der Waals surface area contributed by atoms with E-state index in [1.807, 2.05) is 65.3 Å². The monoisotopic (exact) mass is 303 g/mol. The van der Waals surface area contributed by atoms with Gasteiger partial charge in [-0.2, -0.15) is 0 Å². The van der Waals surface area contributed by atoms with Gasteiger partial charge in [0.2, 0.25) is 0 Å². The lowest BCUT2D eigenvalue weighted by molar-refractivity contribution is -0.112. The number of hydrogen-bond acceptors (Lipinski definition) is 3. The first-order valence-corrected chi connectivity index (χ1v) is 7.45. The summed E-state index contributed by atoms with van der Waals surface area (Å²) in [4.78, 5) is 11.3. The summed E-state index contributed by atoms with van der Waals surface area (Å²) in [6.45, 7) is 2.14. The smallest absolute Gasteiger partial charge is 0.152 e. The van der Waals surface area contributed by atoms with E-state index in [9.17, 15) is 4.79 Å². The number of rotatable bonds is 5. The normalized spacial score (nSPS) is 11.0. The molecule has 4 nitrogen and oxygen atoms in total. The van der Waals surface area contributed by atoms with Gasteiger partial charge < -0.3 is 0 Å². The van der Waals surface area contributed by atoms with Crippen molar-refractivity contribution in [1.29, 1.82) is 0 Å². The molecule has 0 aliphatic heterocycles. The summed E-state index contributed by atoms with van der Waals surface area (Å²) in [6.07, 6.45) is 3.33. The van der Waals surface area contributed by atoms with E-state index in [0.717, 1.165) is 22.5 Å². The molecule has 3 aromatic rings. The maximum atomic E-state index is 11.3. The fourth-order valence-electron chi connectivity index (χ4n) is 2.36. The van der Waals surface area contributed by atoms with E-state index < -0.39 is 0 Å². The van der Waals surface area contributed by atoms with E-state index in [1.165, 1.54) is 6.92 Å². The maximum absolute atomic E-state index is 11.3. The molecule has 0 aliphatic rings. The third kappa shape index (κ3) is 3.61. The minimum absolute atomic E-state index is 0.00327. The number of allylic oxidation sites excluding steroid dienone is 1. The van der Waals surface area contributed by atoms with Crippen LogP contribution in [0.4, 0.5) is 0 Å². The van der Waals surface area contributed by atoms with Crippen molar-refractivity contribution < 1.29 is 4.79 Å². The van der Waals surface area contributed by atoms with Crippen molar-refractivity contribution in [2.75, 3.05) is 0 Å². The van der Waals surface area contributed by atoms with Gasteiger partial charge in [0.1, 0.15) is 5.69 Å². The van der Waals surface area contributed by atoms with Crippen LogP contribution in [0.1, 0.15) is 18.2 Å². The van der Waals surface area contributed by atoms with Gasteiger partial charge in [-0.1, -0.05) is 65.9 Å². The molecule has 114 valence electrons. The van der Waals surface area contributed by atoms with Crippen LogP contribution in [0, 0.1) is 0 Å². The third-order valence-electron chi connectivity index (χ3n) is 3.47. The van der Waals surface area contributed by atoms with Crippen molar-refractivity contribution in [1.82, 2.24) is 15.0 Å².